The molecule has 6 heteroatoms. The Bertz CT molecular complexity index is 524. The maximum absolute atomic E-state index is 11.9. The number of rotatable bonds is 5. The van der Waals surface area contributed by atoms with Crippen LogP contribution in [0.4, 0.5) is 0 Å². The number of carbonyl (C=O) groups excluding carboxylic acids is 1. The zero-order valence-corrected chi connectivity index (χ0v) is 11.9. The van der Waals surface area contributed by atoms with E-state index in [1.54, 1.807) is 12.1 Å². The predicted molar refractivity (Wildman–Crippen MR) is 71.8 cm³/mol. The summed E-state index contributed by atoms with van der Waals surface area (Å²) in [7, 11) is -3.30. The average Bonchev–Trinajstić information content (AvgIpc) is 2.34. The molecule has 0 aliphatic heterocycles. The SMILES string of the molecule is CCC(CCl)NC(=O)c1cccc(S(C)(=O)=O)c1. The molecule has 18 heavy (non-hydrogen) atoms. The van der Waals surface area contributed by atoms with Crippen LogP contribution in [0.15, 0.2) is 29.2 Å². The van der Waals surface area contributed by atoms with Crippen molar-refractivity contribution in [2.45, 2.75) is 24.3 Å². The number of sulfone groups is 1. The zero-order chi connectivity index (χ0) is 13.8. The quantitative estimate of drug-likeness (QED) is 0.841. The van der Waals surface area contributed by atoms with Crippen LogP contribution in [0, 0.1) is 0 Å². The third kappa shape index (κ3) is 3.99. The van der Waals surface area contributed by atoms with Gasteiger partial charge in [-0.1, -0.05) is 13.0 Å². The molecule has 1 aromatic rings. The van der Waals surface area contributed by atoms with Crippen LogP contribution in [-0.2, 0) is 9.84 Å². The molecule has 0 aliphatic rings. The van der Waals surface area contributed by atoms with E-state index in [-0.39, 0.29) is 16.8 Å². The number of amides is 1. The summed E-state index contributed by atoms with van der Waals surface area (Å²) >= 11 is 5.69. The summed E-state index contributed by atoms with van der Waals surface area (Å²) in [5.41, 5.74) is 0.321. The molecule has 1 amide bonds. The van der Waals surface area contributed by atoms with Gasteiger partial charge >= 0.3 is 0 Å². The van der Waals surface area contributed by atoms with E-state index in [4.69, 9.17) is 11.6 Å². The fourth-order valence-corrected chi connectivity index (χ4v) is 2.35. The summed E-state index contributed by atoms with van der Waals surface area (Å²) in [4.78, 5) is 12.0. The van der Waals surface area contributed by atoms with Crippen molar-refractivity contribution in [1.29, 1.82) is 0 Å². The Morgan fingerprint density at radius 2 is 2.11 bits per heavy atom. The van der Waals surface area contributed by atoms with E-state index in [9.17, 15) is 13.2 Å². The average molecular weight is 290 g/mol. The molecule has 0 spiro atoms. The van der Waals surface area contributed by atoms with E-state index < -0.39 is 9.84 Å². The fourth-order valence-electron chi connectivity index (χ4n) is 1.39. The minimum Gasteiger partial charge on any atom is -0.348 e. The lowest BCUT2D eigenvalue weighted by Crippen LogP contribution is -2.35. The first-order valence-electron chi connectivity index (χ1n) is 5.55. The first kappa shape index (κ1) is 15.0. The molecule has 0 radical (unpaired) electrons. The second-order valence-electron chi connectivity index (χ2n) is 4.03. The fraction of sp³-hybridized carbons (Fsp3) is 0.417. The van der Waals surface area contributed by atoms with Gasteiger partial charge in [0.05, 0.1) is 4.90 Å². The van der Waals surface area contributed by atoms with Gasteiger partial charge in [-0.05, 0) is 24.6 Å². The second kappa shape index (κ2) is 6.20. The van der Waals surface area contributed by atoms with Crippen LogP contribution in [0.2, 0.25) is 0 Å². The molecule has 1 atom stereocenters. The lowest BCUT2D eigenvalue weighted by atomic mass is 10.2. The van der Waals surface area contributed by atoms with Gasteiger partial charge in [-0.2, -0.15) is 0 Å². The number of benzene rings is 1. The highest BCUT2D eigenvalue weighted by molar-refractivity contribution is 7.90. The zero-order valence-electron chi connectivity index (χ0n) is 10.3. The highest BCUT2D eigenvalue weighted by atomic mass is 35.5. The van der Waals surface area contributed by atoms with Crippen LogP contribution in [-0.4, -0.2) is 32.5 Å². The number of nitrogens with one attached hydrogen (secondary N) is 1. The van der Waals surface area contributed by atoms with E-state index in [1.807, 2.05) is 6.92 Å². The monoisotopic (exact) mass is 289 g/mol. The molecule has 0 saturated carbocycles. The van der Waals surface area contributed by atoms with Crippen LogP contribution in [0.25, 0.3) is 0 Å². The Kier molecular flexibility index (Phi) is 5.16. The Morgan fingerprint density at radius 1 is 1.44 bits per heavy atom. The molecule has 1 unspecified atom stereocenters. The molecule has 1 N–H and O–H groups in total. The molecular formula is C12H16ClNO3S. The van der Waals surface area contributed by atoms with Gasteiger partial charge in [0, 0.05) is 23.7 Å². The Labute approximate surface area is 112 Å². The summed E-state index contributed by atoms with van der Waals surface area (Å²) in [6.07, 6.45) is 1.83. The third-order valence-corrected chi connectivity index (χ3v) is 4.02. The number of carbonyl (C=O) groups is 1. The van der Waals surface area contributed by atoms with E-state index in [0.29, 0.717) is 11.4 Å². The van der Waals surface area contributed by atoms with Crippen molar-refractivity contribution in [2.75, 3.05) is 12.1 Å². The van der Waals surface area contributed by atoms with Gasteiger partial charge in [0.25, 0.3) is 5.91 Å². The van der Waals surface area contributed by atoms with Crippen LogP contribution in [0.3, 0.4) is 0 Å². The molecule has 0 bridgehead atoms. The van der Waals surface area contributed by atoms with E-state index in [2.05, 4.69) is 5.32 Å². The van der Waals surface area contributed by atoms with Crippen LogP contribution < -0.4 is 5.32 Å². The molecule has 1 rings (SSSR count). The Balaban J connectivity index is 2.94. The number of hydrogen-bond acceptors (Lipinski definition) is 3. The number of hydrogen-bond donors (Lipinski definition) is 1. The highest BCUT2D eigenvalue weighted by Crippen LogP contribution is 2.11. The molecule has 0 fully saturated rings. The van der Waals surface area contributed by atoms with Gasteiger partial charge < -0.3 is 5.32 Å². The van der Waals surface area contributed by atoms with E-state index in [0.717, 1.165) is 12.7 Å². The maximum atomic E-state index is 11.9. The molecule has 0 saturated heterocycles. The maximum Gasteiger partial charge on any atom is 0.251 e. The van der Waals surface area contributed by atoms with Crippen LogP contribution >= 0.6 is 11.6 Å². The number of halogens is 1. The van der Waals surface area contributed by atoms with E-state index in [1.165, 1.54) is 12.1 Å². The minimum absolute atomic E-state index is 0.110. The first-order valence-corrected chi connectivity index (χ1v) is 7.98. The van der Waals surface area contributed by atoms with Gasteiger partial charge in [-0.15, -0.1) is 11.6 Å². The highest BCUT2D eigenvalue weighted by Gasteiger charge is 2.14. The lowest BCUT2D eigenvalue weighted by Gasteiger charge is -2.13. The van der Waals surface area contributed by atoms with Crippen molar-refractivity contribution in [3.8, 4) is 0 Å². The first-order chi connectivity index (χ1) is 8.38. The van der Waals surface area contributed by atoms with Gasteiger partial charge in [0.2, 0.25) is 0 Å². The predicted octanol–water partition coefficient (Wildman–Crippen LogP) is 1.84. The van der Waals surface area contributed by atoms with Crippen LogP contribution in [0.5, 0.6) is 0 Å². The van der Waals surface area contributed by atoms with E-state index >= 15 is 0 Å². The van der Waals surface area contributed by atoms with Crippen molar-refractivity contribution < 1.29 is 13.2 Å². The summed E-state index contributed by atoms with van der Waals surface area (Å²) in [6, 6.07) is 5.84. The van der Waals surface area contributed by atoms with Crippen LogP contribution in [0.1, 0.15) is 23.7 Å². The van der Waals surface area contributed by atoms with Crippen molar-refractivity contribution >= 4 is 27.3 Å². The molecule has 100 valence electrons. The summed E-state index contributed by atoms with van der Waals surface area (Å²) < 4.78 is 22.8. The topological polar surface area (TPSA) is 63.2 Å². The minimum atomic E-state index is -3.30. The van der Waals surface area contributed by atoms with Gasteiger partial charge in [0.1, 0.15) is 0 Å². The Hall–Kier alpha value is -1.07. The Morgan fingerprint density at radius 3 is 2.61 bits per heavy atom. The lowest BCUT2D eigenvalue weighted by molar-refractivity contribution is 0.0939. The molecular weight excluding hydrogens is 274 g/mol. The molecule has 0 heterocycles. The van der Waals surface area contributed by atoms with Crippen molar-refractivity contribution in [3.63, 3.8) is 0 Å². The van der Waals surface area contributed by atoms with Gasteiger partial charge in [-0.25, -0.2) is 8.42 Å². The summed E-state index contributed by atoms with van der Waals surface area (Å²) in [6.45, 7) is 1.92. The smallest absolute Gasteiger partial charge is 0.251 e. The third-order valence-electron chi connectivity index (χ3n) is 2.54. The molecule has 0 aromatic heterocycles. The molecule has 1 aromatic carbocycles. The molecule has 0 aliphatic carbocycles. The van der Waals surface area contributed by atoms with Crippen molar-refractivity contribution in [1.82, 2.24) is 5.32 Å². The molecule has 4 nitrogen and oxygen atoms in total. The summed E-state index contributed by atoms with van der Waals surface area (Å²) in [5, 5.41) is 2.75. The van der Waals surface area contributed by atoms with Crippen molar-refractivity contribution in [2.24, 2.45) is 0 Å². The number of alkyl halides is 1. The largest absolute Gasteiger partial charge is 0.348 e. The van der Waals surface area contributed by atoms with Crippen molar-refractivity contribution in [3.05, 3.63) is 29.8 Å². The normalized spacial score (nSPS) is 13.1. The standard InChI is InChI=1S/C12H16ClNO3S/c1-3-10(8-13)14-12(15)9-5-4-6-11(7-9)18(2,16)17/h4-7,10H,3,8H2,1-2H3,(H,14,15). The second-order valence-corrected chi connectivity index (χ2v) is 6.36. The van der Waals surface area contributed by atoms with Gasteiger partial charge in [0.15, 0.2) is 9.84 Å². The van der Waals surface area contributed by atoms with Gasteiger partial charge in [-0.3, -0.25) is 4.79 Å². The summed E-state index contributed by atoms with van der Waals surface area (Å²) in [5.74, 6) is 0.0154.